The summed E-state index contributed by atoms with van der Waals surface area (Å²) in [4.78, 5) is 23.1. The van der Waals surface area contributed by atoms with Crippen molar-refractivity contribution in [2.24, 2.45) is 5.92 Å². The van der Waals surface area contributed by atoms with E-state index < -0.39 is 5.91 Å². The minimum atomic E-state index is -0.607. The number of amides is 1. The van der Waals surface area contributed by atoms with Gasteiger partial charge in [0.25, 0.3) is 5.91 Å². The molecule has 1 atom stereocenters. The molecule has 1 amide bonds. The Morgan fingerprint density at radius 2 is 1.81 bits per heavy atom. The second-order valence-electron chi connectivity index (χ2n) is 4.70. The van der Waals surface area contributed by atoms with Crippen molar-refractivity contribution in [2.45, 2.75) is 13.8 Å². The van der Waals surface area contributed by atoms with Crippen molar-refractivity contribution >= 4 is 17.4 Å². The lowest BCUT2D eigenvalue weighted by Gasteiger charge is -2.08. The van der Waals surface area contributed by atoms with Crippen molar-refractivity contribution in [3.05, 3.63) is 53.6 Å². The van der Waals surface area contributed by atoms with Crippen molar-refractivity contribution < 1.29 is 14.8 Å². The maximum atomic E-state index is 12.3. The van der Waals surface area contributed by atoms with E-state index in [9.17, 15) is 9.59 Å². The first-order valence-electron chi connectivity index (χ1n) is 6.60. The van der Waals surface area contributed by atoms with Gasteiger partial charge in [0.2, 0.25) is 0 Å². The second kappa shape index (κ2) is 8.01. The summed E-state index contributed by atoms with van der Waals surface area (Å²) < 4.78 is 0. The van der Waals surface area contributed by atoms with Gasteiger partial charge < -0.3 is 5.32 Å². The number of ketones is 1. The number of hydroxylamine groups is 1. The van der Waals surface area contributed by atoms with Gasteiger partial charge in [-0.25, -0.2) is 5.48 Å². The molecule has 0 saturated heterocycles. The molecule has 0 spiro atoms. The standard InChI is InChI=1S/C16H20N2O3/c1-11(4-9-15(19)18-21)10-12(2)16(20)13-5-7-14(17-3)8-6-13/h4-10,12,17,21H,1-3H3,(H,18,19)/b9-4+,11-10+/t12-/m1/s1. The molecule has 0 bridgehead atoms. The largest absolute Gasteiger partial charge is 0.388 e. The van der Waals surface area contributed by atoms with Gasteiger partial charge in [-0.05, 0) is 31.2 Å². The Morgan fingerprint density at radius 3 is 2.33 bits per heavy atom. The average molecular weight is 288 g/mol. The number of hydrogen-bond donors (Lipinski definition) is 3. The molecule has 0 aliphatic rings. The highest BCUT2D eigenvalue weighted by atomic mass is 16.5. The first-order chi connectivity index (χ1) is 9.97. The maximum Gasteiger partial charge on any atom is 0.267 e. The third kappa shape index (κ3) is 5.24. The lowest BCUT2D eigenvalue weighted by molar-refractivity contribution is -0.124. The number of anilines is 1. The zero-order valence-electron chi connectivity index (χ0n) is 12.4. The molecule has 0 aromatic heterocycles. The van der Waals surface area contributed by atoms with Crippen LogP contribution in [0.2, 0.25) is 0 Å². The van der Waals surface area contributed by atoms with Gasteiger partial charge in [-0.3, -0.25) is 14.8 Å². The fourth-order valence-electron chi connectivity index (χ4n) is 1.83. The van der Waals surface area contributed by atoms with Gasteiger partial charge in [0, 0.05) is 30.3 Å². The van der Waals surface area contributed by atoms with E-state index in [0.29, 0.717) is 5.56 Å². The topological polar surface area (TPSA) is 78.4 Å². The number of rotatable bonds is 6. The van der Waals surface area contributed by atoms with E-state index >= 15 is 0 Å². The molecule has 0 heterocycles. The van der Waals surface area contributed by atoms with Crippen molar-refractivity contribution in [2.75, 3.05) is 12.4 Å². The Kier molecular flexibility index (Phi) is 6.36. The van der Waals surface area contributed by atoms with Gasteiger partial charge in [0.05, 0.1) is 0 Å². The molecule has 0 saturated carbocycles. The number of hydrogen-bond acceptors (Lipinski definition) is 4. The molecule has 0 fully saturated rings. The van der Waals surface area contributed by atoms with E-state index in [0.717, 1.165) is 11.3 Å². The Hall–Kier alpha value is -2.40. The van der Waals surface area contributed by atoms with Crippen molar-refractivity contribution in [3.63, 3.8) is 0 Å². The van der Waals surface area contributed by atoms with Gasteiger partial charge in [-0.2, -0.15) is 0 Å². The first-order valence-corrected chi connectivity index (χ1v) is 6.60. The Labute approximate surface area is 124 Å². The van der Waals surface area contributed by atoms with E-state index in [4.69, 9.17) is 5.21 Å². The van der Waals surface area contributed by atoms with Crippen LogP contribution in [-0.2, 0) is 4.79 Å². The van der Waals surface area contributed by atoms with Crippen LogP contribution in [0.15, 0.2) is 48.1 Å². The number of carbonyl (C=O) groups is 2. The number of benzene rings is 1. The van der Waals surface area contributed by atoms with Crippen molar-refractivity contribution in [1.29, 1.82) is 0 Å². The predicted octanol–water partition coefficient (Wildman–Crippen LogP) is 2.56. The van der Waals surface area contributed by atoms with Crippen LogP contribution in [-0.4, -0.2) is 23.9 Å². The summed E-state index contributed by atoms with van der Waals surface area (Å²) in [5.41, 5.74) is 3.87. The van der Waals surface area contributed by atoms with Crippen LogP contribution in [0.25, 0.3) is 0 Å². The van der Waals surface area contributed by atoms with Crippen LogP contribution in [0, 0.1) is 5.92 Å². The second-order valence-corrected chi connectivity index (χ2v) is 4.70. The minimum Gasteiger partial charge on any atom is -0.388 e. The average Bonchev–Trinajstić information content (AvgIpc) is 2.51. The summed E-state index contributed by atoms with van der Waals surface area (Å²) in [7, 11) is 1.82. The molecule has 0 aliphatic heterocycles. The van der Waals surface area contributed by atoms with E-state index in [1.165, 1.54) is 11.6 Å². The van der Waals surface area contributed by atoms with Crippen molar-refractivity contribution in [3.8, 4) is 0 Å². The highest BCUT2D eigenvalue weighted by Gasteiger charge is 2.12. The van der Waals surface area contributed by atoms with Crippen LogP contribution in [0.4, 0.5) is 5.69 Å². The van der Waals surface area contributed by atoms with Gasteiger partial charge in [0.1, 0.15) is 0 Å². The Balaban J connectivity index is 2.77. The molecular weight excluding hydrogens is 268 g/mol. The zero-order chi connectivity index (χ0) is 15.8. The Morgan fingerprint density at radius 1 is 1.19 bits per heavy atom. The number of carbonyl (C=O) groups excluding carboxylic acids is 2. The molecule has 112 valence electrons. The van der Waals surface area contributed by atoms with Crippen LogP contribution in [0.1, 0.15) is 24.2 Å². The molecule has 0 radical (unpaired) electrons. The SMILES string of the molecule is CNc1ccc(C(=O)[C@H](C)/C=C(C)/C=C/C(=O)NO)cc1. The van der Waals surface area contributed by atoms with Crippen LogP contribution in [0.3, 0.4) is 0 Å². The van der Waals surface area contributed by atoms with Gasteiger partial charge >= 0.3 is 0 Å². The van der Waals surface area contributed by atoms with Crippen molar-refractivity contribution in [1.82, 2.24) is 5.48 Å². The molecule has 1 aromatic carbocycles. The predicted molar refractivity (Wildman–Crippen MR) is 82.3 cm³/mol. The number of allylic oxidation sites excluding steroid dienone is 3. The monoisotopic (exact) mass is 288 g/mol. The van der Waals surface area contributed by atoms with Gasteiger partial charge in [0.15, 0.2) is 5.78 Å². The molecule has 5 heteroatoms. The molecule has 3 N–H and O–H groups in total. The van der Waals surface area contributed by atoms with Gasteiger partial charge in [-0.15, -0.1) is 0 Å². The van der Waals surface area contributed by atoms with E-state index in [-0.39, 0.29) is 11.7 Å². The summed E-state index contributed by atoms with van der Waals surface area (Å²) in [6.07, 6.45) is 4.51. The Bertz CT molecular complexity index is 559. The van der Waals surface area contributed by atoms with Crippen LogP contribution in [0.5, 0.6) is 0 Å². The lowest BCUT2D eigenvalue weighted by atomic mass is 9.97. The normalized spacial score (nSPS) is 13.0. The molecule has 5 nitrogen and oxygen atoms in total. The minimum absolute atomic E-state index is 0.0111. The maximum absolute atomic E-state index is 12.3. The third-order valence-electron chi connectivity index (χ3n) is 2.99. The lowest BCUT2D eigenvalue weighted by Crippen LogP contribution is -2.15. The van der Waals surface area contributed by atoms with E-state index in [1.54, 1.807) is 38.1 Å². The summed E-state index contributed by atoms with van der Waals surface area (Å²) in [5, 5.41) is 11.4. The summed E-state index contributed by atoms with van der Waals surface area (Å²) in [5.74, 6) is -0.895. The third-order valence-corrected chi connectivity index (χ3v) is 2.99. The summed E-state index contributed by atoms with van der Waals surface area (Å²) in [6.45, 7) is 3.59. The molecule has 1 aromatic rings. The highest BCUT2D eigenvalue weighted by Crippen LogP contribution is 2.15. The fourth-order valence-corrected chi connectivity index (χ4v) is 1.83. The summed E-state index contributed by atoms with van der Waals surface area (Å²) >= 11 is 0. The number of nitrogens with one attached hydrogen (secondary N) is 2. The molecule has 21 heavy (non-hydrogen) atoms. The molecule has 0 aliphatic carbocycles. The zero-order valence-corrected chi connectivity index (χ0v) is 12.4. The first kappa shape index (κ1) is 16.7. The highest BCUT2D eigenvalue weighted by molar-refractivity contribution is 5.99. The van der Waals surface area contributed by atoms with Crippen LogP contribution < -0.4 is 10.8 Å². The van der Waals surface area contributed by atoms with E-state index in [1.807, 2.05) is 19.2 Å². The summed E-state index contributed by atoms with van der Waals surface area (Å²) in [6, 6.07) is 7.26. The molecule has 1 rings (SSSR count). The molecule has 0 unspecified atom stereocenters. The van der Waals surface area contributed by atoms with E-state index in [2.05, 4.69) is 5.32 Å². The fraction of sp³-hybridized carbons (Fsp3) is 0.250. The van der Waals surface area contributed by atoms with Crippen LogP contribution >= 0.6 is 0 Å². The van der Waals surface area contributed by atoms with Gasteiger partial charge in [-0.1, -0.05) is 24.6 Å². The molecular formula is C16H20N2O3. The number of Topliss-reactive ketones (excluding diaryl/α,β-unsaturated/α-hetero) is 1. The quantitative estimate of drug-likeness (QED) is 0.247. The smallest absolute Gasteiger partial charge is 0.267 e.